The third kappa shape index (κ3) is 5.71. The van der Waals surface area contributed by atoms with Gasteiger partial charge >= 0.3 is 0 Å². The fourth-order valence-electron chi connectivity index (χ4n) is 1.75. The van der Waals surface area contributed by atoms with E-state index in [4.69, 9.17) is 16.3 Å². The maximum Gasteiger partial charge on any atom is 0.246 e. The lowest BCUT2D eigenvalue weighted by Gasteiger charge is -2.26. The fraction of sp³-hybridized carbons (Fsp3) is 0.917. The second-order valence-corrected chi connectivity index (χ2v) is 6.03. The van der Waals surface area contributed by atoms with Crippen molar-refractivity contribution in [2.45, 2.75) is 63.5 Å². The summed E-state index contributed by atoms with van der Waals surface area (Å²) in [5, 5.41) is 3.28. The molecule has 1 rings (SSSR count). The summed E-state index contributed by atoms with van der Waals surface area (Å²) in [6.07, 6.45) is 3.95. The molecule has 0 atom stereocenters. The molecule has 1 saturated carbocycles. The molecule has 4 heteroatoms. The van der Waals surface area contributed by atoms with Crippen molar-refractivity contribution in [2.75, 3.05) is 6.61 Å². The number of carbonyl (C=O) groups excluding carboxylic acids is 1. The number of rotatable bonds is 3. The number of hydrogen-bond acceptors (Lipinski definition) is 2. The Kier molecular flexibility index (Phi) is 5.06. The number of hydrogen-bond donors (Lipinski definition) is 1. The minimum absolute atomic E-state index is 0.0204. The van der Waals surface area contributed by atoms with Crippen LogP contribution in [0.15, 0.2) is 0 Å². The minimum atomic E-state index is -0.259. The number of halogens is 1. The second kappa shape index (κ2) is 5.87. The number of ether oxygens (including phenoxy) is 1. The maximum atomic E-state index is 11.6. The van der Waals surface area contributed by atoms with Gasteiger partial charge in [-0.05, 0) is 46.5 Å². The first-order chi connectivity index (χ1) is 7.37. The summed E-state index contributed by atoms with van der Waals surface area (Å²) in [6.45, 7) is 5.97. The smallest absolute Gasteiger partial charge is 0.246 e. The van der Waals surface area contributed by atoms with Crippen molar-refractivity contribution in [1.82, 2.24) is 5.32 Å². The Morgan fingerprint density at radius 1 is 1.31 bits per heavy atom. The summed E-state index contributed by atoms with van der Waals surface area (Å²) < 4.78 is 5.42. The zero-order chi connectivity index (χ0) is 12.2. The fourth-order valence-corrected chi connectivity index (χ4v) is 2.00. The van der Waals surface area contributed by atoms with Crippen molar-refractivity contribution in [2.24, 2.45) is 0 Å². The molecule has 1 aliphatic rings. The molecule has 0 aromatic rings. The highest BCUT2D eigenvalue weighted by molar-refractivity contribution is 6.20. The minimum Gasteiger partial charge on any atom is -0.366 e. The first kappa shape index (κ1) is 13.8. The Bertz CT molecular complexity index is 230. The Morgan fingerprint density at radius 2 is 1.88 bits per heavy atom. The van der Waals surface area contributed by atoms with Gasteiger partial charge in [-0.15, -0.1) is 11.6 Å². The lowest BCUT2D eigenvalue weighted by atomic mass is 9.95. The Labute approximate surface area is 103 Å². The molecular formula is C12H22ClNO2. The van der Waals surface area contributed by atoms with Crippen LogP contribution in [-0.4, -0.2) is 29.5 Å². The Hall–Kier alpha value is -0.280. The van der Waals surface area contributed by atoms with Crippen LogP contribution in [0.1, 0.15) is 46.5 Å². The molecule has 0 unspecified atom stereocenters. The van der Waals surface area contributed by atoms with Crippen LogP contribution in [0.5, 0.6) is 0 Å². The molecule has 1 fully saturated rings. The van der Waals surface area contributed by atoms with Gasteiger partial charge in [-0.25, -0.2) is 0 Å². The van der Waals surface area contributed by atoms with Crippen LogP contribution in [0.25, 0.3) is 0 Å². The Balaban J connectivity index is 2.19. The molecule has 0 saturated heterocycles. The van der Waals surface area contributed by atoms with Crippen molar-refractivity contribution in [1.29, 1.82) is 0 Å². The highest BCUT2D eigenvalue weighted by Crippen LogP contribution is 2.22. The van der Waals surface area contributed by atoms with Crippen LogP contribution >= 0.6 is 11.6 Å². The van der Waals surface area contributed by atoms with Gasteiger partial charge in [0.1, 0.15) is 6.61 Å². The highest BCUT2D eigenvalue weighted by atomic mass is 35.5. The van der Waals surface area contributed by atoms with Crippen LogP contribution in [0.3, 0.4) is 0 Å². The highest BCUT2D eigenvalue weighted by Gasteiger charge is 2.21. The van der Waals surface area contributed by atoms with Gasteiger partial charge in [-0.2, -0.15) is 0 Å². The molecule has 3 nitrogen and oxygen atoms in total. The lowest BCUT2D eigenvalue weighted by molar-refractivity contribution is -0.131. The third-order valence-corrected chi connectivity index (χ3v) is 3.09. The summed E-state index contributed by atoms with van der Waals surface area (Å²) in [5.74, 6) is -0.0204. The van der Waals surface area contributed by atoms with Gasteiger partial charge in [0, 0.05) is 11.4 Å². The maximum absolute atomic E-state index is 11.6. The summed E-state index contributed by atoms with van der Waals surface area (Å²) in [7, 11) is 0. The molecule has 0 aromatic heterocycles. The molecule has 1 aliphatic carbocycles. The molecule has 0 heterocycles. The molecule has 0 spiro atoms. The average Bonchev–Trinajstić information content (AvgIpc) is 2.18. The molecule has 0 aromatic carbocycles. The summed E-state index contributed by atoms with van der Waals surface area (Å²) in [5.41, 5.74) is -0.259. The van der Waals surface area contributed by atoms with E-state index in [9.17, 15) is 4.79 Å². The molecule has 0 aliphatic heterocycles. The largest absolute Gasteiger partial charge is 0.366 e. The van der Waals surface area contributed by atoms with Crippen molar-refractivity contribution >= 4 is 17.5 Å². The van der Waals surface area contributed by atoms with Crippen molar-refractivity contribution in [3.05, 3.63) is 0 Å². The lowest BCUT2D eigenvalue weighted by Crippen LogP contribution is -2.41. The van der Waals surface area contributed by atoms with Gasteiger partial charge in [-0.3, -0.25) is 4.79 Å². The van der Waals surface area contributed by atoms with E-state index in [-0.39, 0.29) is 24.2 Å². The van der Waals surface area contributed by atoms with Crippen LogP contribution in [0, 0.1) is 0 Å². The molecule has 94 valence electrons. The molecule has 0 radical (unpaired) electrons. The molecular weight excluding hydrogens is 226 g/mol. The first-order valence-corrected chi connectivity index (χ1v) is 6.38. The van der Waals surface area contributed by atoms with Crippen molar-refractivity contribution in [3.8, 4) is 0 Å². The number of carbonyl (C=O) groups is 1. The van der Waals surface area contributed by atoms with Crippen LogP contribution < -0.4 is 5.32 Å². The van der Waals surface area contributed by atoms with E-state index in [1.54, 1.807) is 0 Å². The molecule has 0 bridgehead atoms. The Morgan fingerprint density at radius 3 is 2.38 bits per heavy atom. The van der Waals surface area contributed by atoms with E-state index in [2.05, 4.69) is 5.32 Å². The summed E-state index contributed by atoms with van der Waals surface area (Å²) in [4.78, 5) is 11.6. The predicted octanol–water partition coefficient (Wildman–Crippen LogP) is 2.47. The van der Waals surface area contributed by atoms with Gasteiger partial charge in [0.25, 0.3) is 0 Å². The van der Waals surface area contributed by atoms with Gasteiger partial charge in [0.2, 0.25) is 5.91 Å². The number of alkyl halides is 1. The van der Waals surface area contributed by atoms with Crippen molar-refractivity contribution < 1.29 is 9.53 Å². The molecule has 1 amide bonds. The standard InChI is InChI=1S/C12H22ClNO2/c1-12(2,3)16-8-11(15)14-10-6-4-9(13)5-7-10/h9-10H,4-8H2,1-3H3,(H,14,15). The number of nitrogens with one attached hydrogen (secondary N) is 1. The average molecular weight is 248 g/mol. The monoisotopic (exact) mass is 247 g/mol. The van der Waals surface area contributed by atoms with Crippen molar-refractivity contribution in [3.63, 3.8) is 0 Å². The summed E-state index contributed by atoms with van der Waals surface area (Å²) >= 11 is 6.00. The van der Waals surface area contributed by atoms with Crippen LogP contribution in [0.2, 0.25) is 0 Å². The van der Waals surface area contributed by atoms with Crippen LogP contribution in [0.4, 0.5) is 0 Å². The van der Waals surface area contributed by atoms with E-state index in [1.807, 2.05) is 20.8 Å². The topological polar surface area (TPSA) is 38.3 Å². The zero-order valence-corrected chi connectivity index (χ0v) is 11.1. The normalized spacial score (nSPS) is 26.5. The van der Waals surface area contributed by atoms with E-state index in [0.717, 1.165) is 25.7 Å². The molecule has 16 heavy (non-hydrogen) atoms. The van der Waals surface area contributed by atoms with Crippen LogP contribution in [-0.2, 0) is 9.53 Å². The first-order valence-electron chi connectivity index (χ1n) is 5.94. The SMILES string of the molecule is CC(C)(C)OCC(=O)NC1CCC(Cl)CC1. The predicted molar refractivity (Wildman–Crippen MR) is 65.7 cm³/mol. The van der Waals surface area contributed by atoms with Gasteiger partial charge in [0.05, 0.1) is 5.60 Å². The molecule has 1 N–H and O–H groups in total. The van der Waals surface area contributed by atoms with E-state index < -0.39 is 0 Å². The number of amides is 1. The van der Waals surface area contributed by atoms with Gasteiger partial charge < -0.3 is 10.1 Å². The third-order valence-electron chi connectivity index (χ3n) is 2.66. The quantitative estimate of drug-likeness (QED) is 0.778. The van der Waals surface area contributed by atoms with E-state index >= 15 is 0 Å². The summed E-state index contributed by atoms with van der Waals surface area (Å²) in [6, 6.07) is 0.283. The van der Waals surface area contributed by atoms with Gasteiger partial charge in [0.15, 0.2) is 0 Å². The second-order valence-electron chi connectivity index (χ2n) is 5.42. The zero-order valence-electron chi connectivity index (χ0n) is 10.4. The van der Waals surface area contributed by atoms with Gasteiger partial charge in [-0.1, -0.05) is 0 Å². The van der Waals surface area contributed by atoms with E-state index in [1.165, 1.54) is 0 Å². The van der Waals surface area contributed by atoms with E-state index in [0.29, 0.717) is 5.38 Å².